The molecule has 3 aromatic rings. The molecule has 176 valence electrons. The Morgan fingerprint density at radius 3 is 2.23 bits per heavy atom. The number of ether oxygens (including phenoxy) is 1. The Hall–Kier alpha value is -4.69. The van der Waals surface area contributed by atoms with Crippen LogP contribution in [0.3, 0.4) is 0 Å². The molecular weight excluding hydrogens is 442 g/mol. The zero-order chi connectivity index (χ0) is 24.9. The Bertz CT molecular complexity index is 1220. The molecule has 0 aliphatic heterocycles. The predicted molar refractivity (Wildman–Crippen MR) is 130 cm³/mol. The summed E-state index contributed by atoms with van der Waals surface area (Å²) in [5.74, 6) is -1.12. The average molecular weight is 468 g/mol. The lowest BCUT2D eigenvalue weighted by Crippen LogP contribution is -2.36. The average Bonchev–Trinajstić information content (AvgIpc) is 3.29. The molecule has 0 fully saturated rings. The van der Waals surface area contributed by atoms with Gasteiger partial charge >= 0.3 is 5.97 Å². The van der Waals surface area contributed by atoms with Gasteiger partial charge in [-0.2, -0.15) is 15.6 Å². The first-order valence-corrected chi connectivity index (χ1v) is 11.1. The topological polar surface area (TPSA) is 112 Å². The van der Waals surface area contributed by atoms with E-state index in [1.54, 1.807) is 6.08 Å². The fraction of sp³-hybridized carbons (Fsp3) is 0.222. The summed E-state index contributed by atoms with van der Waals surface area (Å²) in [5, 5.41) is 22.2. The molecule has 0 atom stereocenters. The highest BCUT2D eigenvalue weighted by molar-refractivity contribution is 5.90. The summed E-state index contributed by atoms with van der Waals surface area (Å²) in [6.45, 7) is 0.490. The van der Waals surface area contributed by atoms with Crippen LogP contribution in [-0.4, -0.2) is 46.3 Å². The van der Waals surface area contributed by atoms with E-state index in [1.165, 1.54) is 11.0 Å². The van der Waals surface area contributed by atoms with Gasteiger partial charge in [0.1, 0.15) is 0 Å². The van der Waals surface area contributed by atoms with Crippen molar-refractivity contribution in [3.8, 4) is 23.4 Å². The predicted octanol–water partition coefficient (Wildman–Crippen LogP) is 3.81. The third kappa shape index (κ3) is 7.69. The maximum Gasteiger partial charge on any atom is 0.331 e. The number of nitriles is 2. The molecule has 1 aromatic heterocycles. The van der Waals surface area contributed by atoms with E-state index in [1.807, 2.05) is 83.7 Å². The molecule has 0 spiro atoms. The van der Waals surface area contributed by atoms with Gasteiger partial charge in [0.15, 0.2) is 6.61 Å². The molecule has 0 aliphatic rings. The number of hydrogen-bond acceptors (Lipinski definition) is 6. The smallest absolute Gasteiger partial charge is 0.331 e. The number of benzene rings is 2. The fourth-order valence-corrected chi connectivity index (χ4v) is 3.39. The van der Waals surface area contributed by atoms with Gasteiger partial charge in [0, 0.05) is 36.5 Å². The van der Waals surface area contributed by atoms with Gasteiger partial charge < -0.3 is 9.64 Å². The van der Waals surface area contributed by atoms with E-state index in [9.17, 15) is 9.59 Å². The molecule has 3 rings (SSSR count). The molecule has 0 N–H and O–H groups in total. The maximum absolute atomic E-state index is 12.3. The van der Waals surface area contributed by atoms with Gasteiger partial charge in [-0.15, -0.1) is 0 Å². The Labute approximate surface area is 204 Å². The minimum absolute atomic E-state index is 0.139. The third-order valence-corrected chi connectivity index (χ3v) is 5.10. The van der Waals surface area contributed by atoms with Crippen molar-refractivity contribution in [2.75, 3.05) is 19.7 Å². The SMILES string of the molecule is N#CCCN(CCC#N)C(=O)COC(=O)/C=C/c1cn(Cc2ccccc2)nc1-c1ccccc1. The number of carbonyl (C=O) groups excluding carboxylic acids is 2. The van der Waals surface area contributed by atoms with Crippen molar-refractivity contribution in [1.82, 2.24) is 14.7 Å². The number of rotatable bonds is 11. The summed E-state index contributed by atoms with van der Waals surface area (Å²) in [4.78, 5) is 26.0. The van der Waals surface area contributed by atoms with Crippen LogP contribution in [0.4, 0.5) is 0 Å². The molecule has 0 unspecified atom stereocenters. The van der Waals surface area contributed by atoms with Crippen LogP contribution in [0.1, 0.15) is 24.0 Å². The van der Waals surface area contributed by atoms with Gasteiger partial charge in [0.05, 0.1) is 37.2 Å². The standard InChI is InChI=1S/C27H25N5O3/c28-15-7-17-31(18-8-16-29)25(33)21-35-26(34)14-13-24-20-32(19-22-9-3-1-4-10-22)30-27(24)23-11-5-2-6-12-23/h1-6,9-14,20H,7-8,17-19,21H2/b14-13+. The van der Waals surface area contributed by atoms with Crippen molar-refractivity contribution < 1.29 is 14.3 Å². The number of esters is 1. The first-order chi connectivity index (χ1) is 17.1. The van der Waals surface area contributed by atoms with Crippen LogP contribution in [0.2, 0.25) is 0 Å². The normalized spacial score (nSPS) is 10.5. The zero-order valence-corrected chi connectivity index (χ0v) is 19.2. The van der Waals surface area contributed by atoms with Crippen LogP contribution in [-0.2, 0) is 20.9 Å². The van der Waals surface area contributed by atoms with E-state index in [-0.39, 0.29) is 25.9 Å². The van der Waals surface area contributed by atoms with Crippen LogP contribution in [0.25, 0.3) is 17.3 Å². The molecule has 0 saturated heterocycles. The zero-order valence-electron chi connectivity index (χ0n) is 19.2. The van der Waals surface area contributed by atoms with E-state index in [0.29, 0.717) is 6.54 Å². The Morgan fingerprint density at radius 2 is 1.60 bits per heavy atom. The molecule has 0 aliphatic carbocycles. The molecule has 0 bridgehead atoms. The Kier molecular flexibility index (Phi) is 9.35. The second kappa shape index (κ2) is 13.1. The van der Waals surface area contributed by atoms with Gasteiger partial charge in [-0.25, -0.2) is 4.79 Å². The summed E-state index contributed by atoms with van der Waals surface area (Å²) in [6.07, 6.45) is 5.02. The highest BCUT2D eigenvalue weighted by Crippen LogP contribution is 2.23. The molecule has 35 heavy (non-hydrogen) atoms. The molecule has 1 amide bonds. The summed E-state index contributed by atoms with van der Waals surface area (Å²) < 4.78 is 6.92. The van der Waals surface area contributed by atoms with Crippen molar-refractivity contribution >= 4 is 18.0 Å². The van der Waals surface area contributed by atoms with Crippen molar-refractivity contribution in [3.63, 3.8) is 0 Å². The number of carbonyl (C=O) groups is 2. The first-order valence-electron chi connectivity index (χ1n) is 11.1. The lowest BCUT2D eigenvalue weighted by molar-refractivity contribution is -0.148. The van der Waals surface area contributed by atoms with Gasteiger partial charge in [0.2, 0.25) is 0 Å². The lowest BCUT2D eigenvalue weighted by Gasteiger charge is -2.19. The van der Waals surface area contributed by atoms with E-state index in [4.69, 9.17) is 20.4 Å². The number of amides is 1. The van der Waals surface area contributed by atoms with Crippen molar-refractivity contribution in [1.29, 1.82) is 10.5 Å². The van der Waals surface area contributed by atoms with E-state index < -0.39 is 18.5 Å². The fourth-order valence-electron chi connectivity index (χ4n) is 3.39. The summed E-state index contributed by atoms with van der Waals surface area (Å²) in [5.41, 5.74) is 3.47. The largest absolute Gasteiger partial charge is 0.452 e. The highest BCUT2D eigenvalue weighted by atomic mass is 16.5. The van der Waals surface area contributed by atoms with Crippen LogP contribution >= 0.6 is 0 Å². The molecule has 8 nitrogen and oxygen atoms in total. The van der Waals surface area contributed by atoms with Crippen LogP contribution in [0, 0.1) is 22.7 Å². The summed E-state index contributed by atoms with van der Waals surface area (Å²) in [7, 11) is 0. The highest BCUT2D eigenvalue weighted by Gasteiger charge is 2.15. The number of nitrogens with zero attached hydrogens (tertiary/aromatic N) is 5. The van der Waals surface area contributed by atoms with Crippen molar-refractivity contribution in [2.24, 2.45) is 0 Å². The number of aromatic nitrogens is 2. The van der Waals surface area contributed by atoms with E-state index in [2.05, 4.69) is 0 Å². The maximum atomic E-state index is 12.3. The van der Waals surface area contributed by atoms with Gasteiger partial charge in [-0.3, -0.25) is 9.48 Å². The minimum Gasteiger partial charge on any atom is -0.452 e. The molecule has 0 saturated carbocycles. The Balaban J connectivity index is 1.69. The molecule has 8 heteroatoms. The van der Waals surface area contributed by atoms with Crippen LogP contribution in [0.5, 0.6) is 0 Å². The third-order valence-electron chi connectivity index (χ3n) is 5.10. The molecule has 1 heterocycles. The summed E-state index contributed by atoms with van der Waals surface area (Å²) in [6, 6.07) is 23.5. The minimum atomic E-state index is -0.673. The first kappa shape index (κ1) is 24.9. The van der Waals surface area contributed by atoms with Gasteiger partial charge in [0.25, 0.3) is 5.91 Å². The second-order valence-corrected chi connectivity index (χ2v) is 7.62. The molecule has 0 radical (unpaired) electrons. The number of hydrogen-bond donors (Lipinski definition) is 0. The monoisotopic (exact) mass is 467 g/mol. The van der Waals surface area contributed by atoms with Gasteiger partial charge in [-0.1, -0.05) is 60.7 Å². The molecular formula is C27H25N5O3. The second-order valence-electron chi connectivity index (χ2n) is 7.62. The Morgan fingerprint density at radius 1 is 0.971 bits per heavy atom. The van der Waals surface area contributed by atoms with Crippen molar-refractivity contribution in [2.45, 2.75) is 19.4 Å². The van der Waals surface area contributed by atoms with Crippen LogP contribution in [0.15, 0.2) is 72.9 Å². The lowest BCUT2D eigenvalue weighted by atomic mass is 10.1. The van der Waals surface area contributed by atoms with Crippen LogP contribution < -0.4 is 0 Å². The van der Waals surface area contributed by atoms with Gasteiger partial charge in [-0.05, 0) is 11.6 Å². The quantitative estimate of drug-likeness (QED) is 0.313. The molecule has 2 aromatic carbocycles. The van der Waals surface area contributed by atoms with E-state index >= 15 is 0 Å². The summed E-state index contributed by atoms with van der Waals surface area (Å²) >= 11 is 0. The van der Waals surface area contributed by atoms with Crippen molar-refractivity contribution in [3.05, 3.63) is 84.1 Å². The van der Waals surface area contributed by atoms with E-state index in [0.717, 1.165) is 22.4 Å².